The first kappa shape index (κ1) is 63.1. The number of hydrogen-bond donors (Lipinski definition) is 0. The Bertz CT molecular complexity index is 4950. The third-order valence-corrected chi connectivity index (χ3v) is 18.3. The number of likely N-dealkylation sites (tertiary alicyclic amines) is 1. The van der Waals surface area contributed by atoms with Crippen molar-refractivity contribution in [3.05, 3.63) is 180 Å². The number of nitrogens with zero attached hydrogens (tertiary/aromatic N) is 16. The molecule has 0 unspecified atom stereocenters. The minimum atomic E-state index is -0.375. The molecule has 0 radical (unpaired) electrons. The van der Waals surface area contributed by atoms with Crippen molar-refractivity contribution in [1.82, 2.24) is 67.4 Å². The number of imidazole rings is 2. The fourth-order valence-electron chi connectivity index (χ4n) is 13.3. The van der Waals surface area contributed by atoms with E-state index in [2.05, 4.69) is 101 Å². The van der Waals surface area contributed by atoms with Crippen molar-refractivity contribution in [2.45, 2.75) is 94.0 Å². The van der Waals surface area contributed by atoms with Gasteiger partial charge in [0.25, 0.3) is 5.56 Å². The van der Waals surface area contributed by atoms with Gasteiger partial charge >= 0.3 is 11.3 Å². The summed E-state index contributed by atoms with van der Waals surface area (Å²) in [6.07, 6.45) is 13.7. The maximum atomic E-state index is 13.1. The zero-order valence-corrected chi connectivity index (χ0v) is 55.4. The van der Waals surface area contributed by atoms with Gasteiger partial charge in [-0.2, -0.15) is 18.6 Å². The van der Waals surface area contributed by atoms with Gasteiger partial charge in [0.1, 0.15) is 22.6 Å². The Kier molecular flexibility index (Phi) is 17.8. The second-order valence-electron chi connectivity index (χ2n) is 24.9. The van der Waals surface area contributed by atoms with E-state index in [4.69, 9.17) is 13.8 Å². The smallest absolute Gasteiger partial charge is 0.345 e. The molecule has 15 rings (SSSR count). The van der Waals surface area contributed by atoms with E-state index in [9.17, 15) is 14.4 Å². The van der Waals surface area contributed by atoms with Gasteiger partial charge < -0.3 is 37.2 Å². The Morgan fingerprint density at radius 1 is 0.543 bits per heavy atom. The van der Waals surface area contributed by atoms with Gasteiger partial charge in [0.15, 0.2) is 17.1 Å². The van der Waals surface area contributed by atoms with Gasteiger partial charge in [-0.3, -0.25) is 29.0 Å². The summed E-state index contributed by atoms with van der Waals surface area (Å²) in [5.74, 6) is 0.963. The van der Waals surface area contributed by atoms with Gasteiger partial charge in [0.05, 0.1) is 68.2 Å². The molecule has 3 saturated heterocycles. The molecule has 92 heavy (non-hydrogen) atoms. The number of fused-ring (bicyclic) bond motifs is 6. The molecule has 3 aliphatic heterocycles. The Hall–Kier alpha value is -9.09. The molecule has 12 aromatic rings. The van der Waals surface area contributed by atoms with Crippen LogP contribution in [-0.4, -0.2) is 153 Å². The second-order valence-corrected chi connectivity index (χ2v) is 24.9. The summed E-state index contributed by atoms with van der Waals surface area (Å²) in [4.78, 5) is 78.1. The number of piperidine rings is 1. The van der Waals surface area contributed by atoms with Crippen LogP contribution in [0.4, 0.5) is 11.4 Å². The molecular weight excluding hydrogens is 1180 g/mol. The van der Waals surface area contributed by atoms with Crippen LogP contribution in [0.2, 0.25) is 0 Å². The molecule has 21 nitrogen and oxygen atoms in total. The number of hydrogen-bond acceptors (Lipinski definition) is 17. The predicted octanol–water partition coefficient (Wildman–Crippen LogP) is 10.2. The molecule has 0 bridgehead atoms. The highest BCUT2D eigenvalue weighted by Crippen LogP contribution is 2.32. The molecule has 0 amide bonds. The van der Waals surface area contributed by atoms with Crippen molar-refractivity contribution in [1.29, 1.82) is 0 Å². The van der Waals surface area contributed by atoms with Gasteiger partial charge in [-0.05, 0) is 166 Å². The quantitative estimate of drug-likeness (QED) is 0.130. The molecule has 0 N–H and O–H groups in total. The molecule has 0 spiro atoms. The third-order valence-electron chi connectivity index (χ3n) is 18.3. The van der Waals surface area contributed by atoms with Crippen LogP contribution in [0, 0.1) is 48.5 Å². The summed E-state index contributed by atoms with van der Waals surface area (Å²) >= 11 is 0. The average Bonchev–Trinajstić information content (AvgIpc) is 1.41. The molecule has 3 fully saturated rings. The lowest BCUT2D eigenvalue weighted by atomic mass is 9.90. The summed E-state index contributed by atoms with van der Waals surface area (Å²) in [7, 11) is 2.13. The van der Waals surface area contributed by atoms with Crippen LogP contribution in [0.15, 0.2) is 127 Å². The summed E-state index contributed by atoms with van der Waals surface area (Å²) in [6.45, 7) is 31.7. The van der Waals surface area contributed by atoms with E-state index in [0.29, 0.717) is 62.7 Å². The van der Waals surface area contributed by atoms with E-state index < -0.39 is 0 Å². The van der Waals surface area contributed by atoms with Gasteiger partial charge in [-0.1, -0.05) is 26.0 Å². The largest absolute Gasteiger partial charge is 0.422 e. The number of pyridine rings is 1. The maximum absolute atomic E-state index is 13.1. The van der Waals surface area contributed by atoms with Crippen LogP contribution in [0.3, 0.4) is 0 Å². The highest BCUT2D eigenvalue weighted by Gasteiger charge is 2.25. The molecular formula is C70H80N16O5S. The van der Waals surface area contributed by atoms with E-state index in [1.54, 1.807) is 10.5 Å². The van der Waals surface area contributed by atoms with Crippen LogP contribution in [0.5, 0.6) is 0 Å². The third kappa shape index (κ3) is 12.7. The van der Waals surface area contributed by atoms with Crippen molar-refractivity contribution in [3.63, 3.8) is 0 Å². The lowest BCUT2D eigenvalue weighted by Crippen LogP contribution is -2.51. The normalized spacial score (nSPS) is 16.2. The molecule has 10 aromatic heterocycles. The lowest BCUT2D eigenvalue weighted by molar-refractivity contribution is 0.199. The Labute approximate surface area is 540 Å². The van der Waals surface area contributed by atoms with E-state index >= 15 is 0 Å². The van der Waals surface area contributed by atoms with Crippen molar-refractivity contribution < 1.29 is 8.83 Å². The molecule has 13 heterocycles. The fraction of sp³-hybridized carbons (Fsp3) is 0.371. The van der Waals surface area contributed by atoms with Gasteiger partial charge in [-0.15, -0.1) is 0 Å². The molecule has 3 aliphatic rings. The molecule has 0 aliphatic carbocycles. The number of anilines is 2. The minimum absolute atomic E-state index is 0. The number of aromatic nitrogens is 11. The van der Waals surface area contributed by atoms with Gasteiger partial charge in [0.2, 0.25) is 0 Å². The Balaban J connectivity index is 0.000000132. The molecule has 0 saturated carbocycles. The van der Waals surface area contributed by atoms with E-state index in [1.807, 2.05) is 141 Å². The highest BCUT2D eigenvalue weighted by molar-refractivity contribution is 7.59. The first-order valence-corrected chi connectivity index (χ1v) is 31.7. The second kappa shape index (κ2) is 25.9. The SMILES string of the molecule is CCN1CCC(c2cc(C)c3nc(-c4cc5c(C)nc(C)cn5n4)cc(=O)n3c2)CC1.CCN1CCN(c2ccc3cc(-c4cn5cc(C)nc(C)c5n4)c(=O)oc3c2)C[C@@H]1C.Cc1cn2cc(-c3cc4ccc(N5CCN(C)CC5)cc4c(=O)o3)nc2c(C)n1.S. The van der Waals surface area contributed by atoms with Crippen LogP contribution < -0.4 is 26.6 Å². The standard InChI is InChI=1S/C24H28N6O.C24H27N5O2.C22H23N5O2.H2S/c1-5-28-8-6-18(7-9-28)19-10-15(2)24-26-20(12-23(31)29(24)14-19)21-11-22-17(4)25-16(3)13-30(22)27-21;1-5-27-8-9-28(13-16(27)3)19-7-6-18-10-20(24(30)31-22(18)11-19)21-14-29-12-15(2)25-17(4)23(29)26-21;1-14-12-27-13-19(24-21(27)15(2)23-14)20-10-16-4-5-17(11-18(16)22(28)29-20)26-8-6-25(3)7-9-26;/h10-14,18H,5-9H2,1-4H3;6-7,10-12,14,16H,5,8-9,13H2,1-4H3;4-5,10-13H,6-9H2,1-3H3;1H2/t;16-;;/m.0../s1. The van der Waals surface area contributed by atoms with Crippen LogP contribution in [0.1, 0.15) is 84.8 Å². The first-order chi connectivity index (χ1) is 43.8. The van der Waals surface area contributed by atoms with Crippen LogP contribution in [-0.2, 0) is 0 Å². The molecule has 22 heteroatoms. The van der Waals surface area contributed by atoms with Crippen molar-refractivity contribution in [2.24, 2.45) is 0 Å². The zero-order valence-electron chi connectivity index (χ0n) is 54.4. The van der Waals surface area contributed by atoms with E-state index in [-0.39, 0.29) is 30.3 Å². The summed E-state index contributed by atoms with van der Waals surface area (Å²) in [5, 5.41) is 7.00. The Morgan fingerprint density at radius 2 is 1.17 bits per heavy atom. The maximum Gasteiger partial charge on any atom is 0.345 e. The van der Waals surface area contributed by atoms with Crippen molar-refractivity contribution in [2.75, 3.05) is 88.8 Å². The Morgan fingerprint density at radius 3 is 1.86 bits per heavy atom. The number of piperazine rings is 2. The number of likely N-dealkylation sites (N-methyl/N-ethyl adjacent to an activating group) is 2. The van der Waals surface area contributed by atoms with Gasteiger partial charge in [0, 0.05) is 112 Å². The number of aryl methyl sites for hydroxylation is 7. The zero-order chi connectivity index (χ0) is 63.5. The lowest BCUT2D eigenvalue weighted by Gasteiger charge is -2.40. The van der Waals surface area contributed by atoms with Crippen molar-refractivity contribution >= 4 is 69.1 Å². The van der Waals surface area contributed by atoms with Crippen molar-refractivity contribution in [3.8, 4) is 34.1 Å². The minimum Gasteiger partial charge on any atom is -0.422 e. The summed E-state index contributed by atoms with van der Waals surface area (Å²) < 4.78 is 18.8. The predicted molar refractivity (Wildman–Crippen MR) is 369 cm³/mol. The molecule has 476 valence electrons. The van der Waals surface area contributed by atoms with E-state index in [1.165, 1.54) is 5.56 Å². The topological polar surface area (TPSA) is 202 Å². The summed E-state index contributed by atoms with van der Waals surface area (Å²) in [6, 6.07) is 22.2. The average molecular weight is 1260 g/mol. The van der Waals surface area contributed by atoms with Crippen LogP contribution >= 0.6 is 13.5 Å². The fourth-order valence-corrected chi connectivity index (χ4v) is 13.3. The van der Waals surface area contributed by atoms with Crippen LogP contribution in [0.25, 0.3) is 78.3 Å². The highest BCUT2D eigenvalue weighted by atomic mass is 32.1. The van der Waals surface area contributed by atoms with E-state index in [0.717, 1.165) is 164 Å². The summed E-state index contributed by atoms with van der Waals surface area (Å²) in [5.41, 5.74) is 15.6. The first-order valence-electron chi connectivity index (χ1n) is 31.7. The molecule has 1 atom stereocenters. The molecule has 2 aromatic carbocycles. The van der Waals surface area contributed by atoms with Gasteiger partial charge in [-0.25, -0.2) is 29.1 Å². The number of rotatable bonds is 8. The number of benzene rings is 2. The monoisotopic (exact) mass is 1260 g/mol.